The van der Waals surface area contributed by atoms with Gasteiger partial charge in [-0.3, -0.25) is 0 Å². The smallest absolute Gasteiger partial charge is 0.161 e. The summed E-state index contributed by atoms with van der Waals surface area (Å²) in [6.07, 6.45) is 0.378. The van der Waals surface area contributed by atoms with Crippen molar-refractivity contribution < 1.29 is 14.7 Å². The lowest BCUT2D eigenvalue weighted by Gasteiger charge is -2.12. The van der Waals surface area contributed by atoms with Gasteiger partial charge in [-0.15, -0.1) is 0 Å². The number of nitrogens with zero attached hydrogens (tertiary/aromatic N) is 1. The van der Waals surface area contributed by atoms with Gasteiger partial charge in [-0.2, -0.15) is 0 Å². The molecule has 1 aromatic rings. The highest BCUT2D eigenvalue weighted by atomic mass is 16.5. The maximum atomic E-state index is 8.51. The Kier molecular flexibility index (Phi) is 5.13. The predicted molar refractivity (Wildman–Crippen MR) is 65.9 cm³/mol. The number of nitrogens with two attached hydrogens (primary N) is 1. The second kappa shape index (κ2) is 6.62. The number of hydrogen-bond acceptors (Lipinski definition) is 4. The van der Waals surface area contributed by atoms with E-state index in [2.05, 4.69) is 5.16 Å². The molecule has 0 aliphatic rings. The maximum Gasteiger partial charge on any atom is 0.161 e. The molecule has 94 valence electrons. The molecule has 0 aliphatic carbocycles. The van der Waals surface area contributed by atoms with Crippen molar-refractivity contribution in [3.63, 3.8) is 0 Å². The van der Waals surface area contributed by atoms with Crippen LogP contribution in [0.2, 0.25) is 0 Å². The molecule has 0 bridgehead atoms. The summed E-state index contributed by atoms with van der Waals surface area (Å²) >= 11 is 0. The lowest BCUT2D eigenvalue weighted by Crippen LogP contribution is -2.14. The number of rotatable bonds is 6. The van der Waals surface area contributed by atoms with E-state index in [-0.39, 0.29) is 5.84 Å². The van der Waals surface area contributed by atoms with Crippen LogP contribution in [0.3, 0.4) is 0 Å². The van der Waals surface area contributed by atoms with Crippen molar-refractivity contribution in [1.82, 2.24) is 0 Å². The summed E-state index contributed by atoms with van der Waals surface area (Å²) in [6.45, 7) is 4.97. The molecule has 0 amide bonds. The normalized spacial score (nSPS) is 11.3. The molecule has 5 heteroatoms. The fraction of sp³-hybridized carbons (Fsp3) is 0.417. The highest BCUT2D eigenvalue weighted by Crippen LogP contribution is 2.28. The van der Waals surface area contributed by atoms with E-state index in [9.17, 15) is 0 Å². The highest BCUT2D eigenvalue weighted by molar-refractivity contribution is 5.82. The average Bonchev–Trinajstić information content (AvgIpc) is 2.33. The summed E-state index contributed by atoms with van der Waals surface area (Å²) in [5, 5.41) is 11.5. The fourth-order valence-corrected chi connectivity index (χ4v) is 1.45. The van der Waals surface area contributed by atoms with Crippen LogP contribution in [0.4, 0.5) is 0 Å². The van der Waals surface area contributed by atoms with Gasteiger partial charge < -0.3 is 20.4 Å². The first-order valence-electron chi connectivity index (χ1n) is 5.56. The molecule has 1 rings (SSSR count). The zero-order valence-corrected chi connectivity index (χ0v) is 10.1. The van der Waals surface area contributed by atoms with Gasteiger partial charge in [0.1, 0.15) is 5.84 Å². The van der Waals surface area contributed by atoms with Gasteiger partial charge in [0.2, 0.25) is 0 Å². The second-order valence-electron chi connectivity index (χ2n) is 3.42. The Bertz CT molecular complexity index is 391. The molecule has 0 unspecified atom stereocenters. The SMILES string of the molecule is CCOc1ccc(C/C(N)=N\O)cc1OCC. The molecule has 0 fully saturated rings. The van der Waals surface area contributed by atoms with Crippen molar-refractivity contribution in [2.75, 3.05) is 13.2 Å². The van der Waals surface area contributed by atoms with Gasteiger partial charge >= 0.3 is 0 Å². The Morgan fingerprint density at radius 2 is 1.88 bits per heavy atom. The molecule has 0 saturated heterocycles. The monoisotopic (exact) mass is 238 g/mol. The van der Waals surface area contributed by atoms with Crippen molar-refractivity contribution in [2.45, 2.75) is 20.3 Å². The van der Waals surface area contributed by atoms with Gasteiger partial charge in [0.05, 0.1) is 13.2 Å². The van der Waals surface area contributed by atoms with Crippen molar-refractivity contribution in [3.05, 3.63) is 23.8 Å². The van der Waals surface area contributed by atoms with E-state index >= 15 is 0 Å². The zero-order valence-electron chi connectivity index (χ0n) is 10.1. The van der Waals surface area contributed by atoms with Gasteiger partial charge in [0.15, 0.2) is 11.5 Å². The maximum absolute atomic E-state index is 8.51. The molecule has 0 aromatic heterocycles. The van der Waals surface area contributed by atoms with E-state index in [1.54, 1.807) is 0 Å². The number of benzene rings is 1. The second-order valence-corrected chi connectivity index (χ2v) is 3.42. The Morgan fingerprint density at radius 1 is 1.24 bits per heavy atom. The third kappa shape index (κ3) is 3.86. The van der Waals surface area contributed by atoms with Crippen LogP contribution >= 0.6 is 0 Å². The van der Waals surface area contributed by atoms with E-state index in [0.29, 0.717) is 31.1 Å². The molecule has 0 radical (unpaired) electrons. The zero-order chi connectivity index (χ0) is 12.7. The summed E-state index contributed by atoms with van der Waals surface area (Å²) in [5.41, 5.74) is 6.36. The number of oxime groups is 1. The molecule has 3 N–H and O–H groups in total. The van der Waals surface area contributed by atoms with E-state index < -0.39 is 0 Å². The Morgan fingerprint density at radius 3 is 2.47 bits per heavy atom. The Balaban J connectivity index is 2.92. The summed E-state index contributed by atoms with van der Waals surface area (Å²) < 4.78 is 10.9. The van der Waals surface area contributed by atoms with Crippen LogP contribution < -0.4 is 15.2 Å². The average molecular weight is 238 g/mol. The molecule has 0 atom stereocenters. The van der Waals surface area contributed by atoms with E-state index in [4.69, 9.17) is 20.4 Å². The quantitative estimate of drug-likeness (QED) is 0.343. The predicted octanol–water partition coefficient (Wildman–Crippen LogP) is 1.77. The largest absolute Gasteiger partial charge is 0.490 e. The summed E-state index contributed by atoms with van der Waals surface area (Å²) in [5.74, 6) is 1.55. The first-order valence-corrected chi connectivity index (χ1v) is 5.56. The molecule has 0 aliphatic heterocycles. The van der Waals surface area contributed by atoms with E-state index in [0.717, 1.165) is 5.56 Å². The molecule has 0 heterocycles. The van der Waals surface area contributed by atoms with Crippen LogP contribution in [0, 0.1) is 0 Å². The van der Waals surface area contributed by atoms with E-state index in [1.807, 2.05) is 32.0 Å². The third-order valence-electron chi connectivity index (χ3n) is 2.12. The number of hydrogen-bond donors (Lipinski definition) is 2. The van der Waals surface area contributed by atoms with Crippen LogP contribution in [-0.4, -0.2) is 24.3 Å². The summed E-state index contributed by atoms with van der Waals surface area (Å²) in [7, 11) is 0. The topological polar surface area (TPSA) is 77.1 Å². The summed E-state index contributed by atoms with van der Waals surface area (Å²) in [4.78, 5) is 0. The van der Waals surface area contributed by atoms with Gasteiger partial charge in [-0.25, -0.2) is 0 Å². The molecular weight excluding hydrogens is 220 g/mol. The number of ether oxygens (including phenoxy) is 2. The Labute approximate surface area is 101 Å². The molecule has 1 aromatic carbocycles. The van der Waals surface area contributed by atoms with Crippen LogP contribution in [0.25, 0.3) is 0 Å². The van der Waals surface area contributed by atoms with Gasteiger partial charge in [-0.05, 0) is 31.5 Å². The first kappa shape index (κ1) is 13.2. The lowest BCUT2D eigenvalue weighted by molar-refractivity contribution is 0.287. The minimum atomic E-state index is 0.164. The number of amidine groups is 1. The van der Waals surface area contributed by atoms with Crippen molar-refractivity contribution >= 4 is 5.84 Å². The lowest BCUT2D eigenvalue weighted by atomic mass is 10.1. The Hall–Kier alpha value is -1.91. The van der Waals surface area contributed by atoms with Crippen LogP contribution in [0.15, 0.2) is 23.4 Å². The van der Waals surface area contributed by atoms with Gasteiger partial charge in [0, 0.05) is 6.42 Å². The molecule has 0 saturated carbocycles. The van der Waals surface area contributed by atoms with Crippen molar-refractivity contribution in [3.8, 4) is 11.5 Å². The van der Waals surface area contributed by atoms with E-state index in [1.165, 1.54) is 0 Å². The van der Waals surface area contributed by atoms with Gasteiger partial charge in [-0.1, -0.05) is 11.2 Å². The first-order chi connectivity index (χ1) is 8.21. The van der Waals surface area contributed by atoms with Crippen molar-refractivity contribution in [2.24, 2.45) is 10.9 Å². The minimum absolute atomic E-state index is 0.164. The van der Waals surface area contributed by atoms with Crippen LogP contribution in [0.5, 0.6) is 11.5 Å². The van der Waals surface area contributed by atoms with Crippen LogP contribution in [0.1, 0.15) is 19.4 Å². The van der Waals surface area contributed by atoms with Crippen LogP contribution in [-0.2, 0) is 6.42 Å². The van der Waals surface area contributed by atoms with Crippen molar-refractivity contribution in [1.29, 1.82) is 0 Å². The molecule has 5 nitrogen and oxygen atoms in total. The standard InChI is InChI=1S/C12H18N2O3/c1-3-16-10-6-5-9(8-12(13)14-15)7-11(10)17-4-2/h5-7,15H,3-4,8H2,1-2H3,(H2,13,14). The third-order valence-corrected chi connectivity index (χ3v) is 2.12. The highest BCUT2D eigenvalue weighted by Gasteiger charge is 2.07. The molecule has 17 heavy (non-hydrogen) atoms. The van der Waals surface area contributed by atoms with Gasteiger partial charge in [0.25, 0.3) is 0 Å². The molecular formula is C12H18N2O3. The summed E-state index contributed by atoms with van der Waals surface area (Å²) in [6, 6.07) is 5.53. The fourth-order valence-electron chi connectivity index (χ4n) is 1.45. The molecule has 0 spiro atoms. The minimum Gasteiger partial charge on any atom is -0.490 e.